The number of hydrazone groups is 1. The van der Waals surface area contributed by atoms with E-state index in [0.717, 1.165) is 16.6 Å². The Morgan fingerprint density at radius 1 is 1.14 bits per heavy atom. The molecule has 110 valence electrons. The van der Waals surface area contributed by atoms with Crippen LogP contribution in [0.4, 0.5) is 0 Å². The number of nitrogens with one attached hydrogen (secondary N) is 1. The molecule has 5 heteroatoms. The molecule has 0 fully saturated rings. The zero-order valence-electron chi connectivity index (χ0n) is 12.0. The van der Waals surface area contributed by atoms with Crippen LogP contribution in [0.3, 0.4) is 0 Å². The van der Waals surface area contributed by atoms with Gasteiger partial charge in [0.25, 0.3) is 0 Å². The second-order valence-corrected chi connectivity index (χ2v) is 4.88. The highest BCUT2D eigenvalue weighted by molar-refractivity contribution is 5.82. The van der Waals surface area contributed by atoms with Crippen LogP contribution >= 0.6 is 0 Å². The van der Waals surface area contributed by atoms with Crippen molar-refractivity contribution >= 4 is 23.2 Å². The number of hydrogen-bond acceptors (Lipinski definition) is 3. The van der Waals surface area contributed by atoms with Crippen molar-refractivity contribution in [3.63, 3.8) is 0 Å². The summed E-state index contributed by atoms with van der Waals surface area (Å²) in [4.78, 5) is 16.1. The molecule has 3 rings (SSSR count). The molecule has 0 radical (unpaired) electrons. The van der Waals surface area contributed by atoms with Crippen molar-refractivity contribution < 1.29 is 4.79 Å². The number of carbonyl (C=O) groups excluding carboxylic acids is 1. The second-order valence-electron chi connectivity index (χ2n) is 4.88. The van der Waals surface area contributed by atoms with E-state index in [1.807, 2.05) is 59.2 Å². The monoisotopic (exact) mass is 292 g/mol. The Balaban J connectivity index is 1.53. The van der Waals surface area contributed by atoms with Gasteiger partial charge in [-0.3, -0.25) is 4.79 Å². The van der Waals surface area contributed by atoms with Gasteiger partial charge in [0.05, 0.1) is 23.6 Å². The predicted molar refractivity (Wildman–Crippen MR) is 86.5 cm³/mol. The molecule has 0 spiro atoms. The number of aryl methyl sites for hydroxylation is 1. The summed E-state index contributed by atoms with van der Waals surface area (Å²) in [6.45, 7) is 0.577. The maximum Gasteiger partial charge on any atom is 0.241 e. The highest BCUT2D eigenvalue weighted by Crippen LogP contribution is 2.11. The van der Waals surface area contributed by atoms with Crippen LogP contribution in [-0.4, -0.2) is 21.7 Å². The van der Waals surface area contributed by atoms with Gasteiger partial charge in [-0.25, -0.2) is 10.4 Å². The van der Waals surface area contributed by atoms with E-state index < -0.39 is 0 Å². The van der Waals surface area contributed by atoms with Crippen LogP contribution in [0.5, 0.6) is 0 Å². The molecule has 5 nitrogen and oxygen atoms in total. The van der Waals surface area contributed by atoms with Gasteiger partial charge in [-0.05, 0) is 17.7 Å². The summed E-state index contributed by atoms with van der Waals surface area (Å²) in [5.74, 6) is -0.120. The fourth-order valence-corrected chi connectivity index (χ4v) is 2.18. The predicted octanol–water partition coefficient (Wildman–Crippen LogP) is 2.58. The Bertz CT molecular complexity index is 793. The number of fused-ring (bicyclic) bond motifs is 1. The minimum Gasteiger partial charge on any atom is -0.330 e. The lowest BCUT2D eigenvalue weighted by atomic mass is 10.2. The van der Waals surface area contributed by atoms with Crippen molar-refractivity contribution in [2.75, 3.05) is 0 Å². The molecule has 0 atom stereocenters. The van der Waals surface area contributed by atoms with Crippen molar-refractivity contribution in [1.29, 1.82) is 0 Å². The summed E-state index contributed by atoms with van der Waals surface area (Å²) in [5, 5.41) is 3.95. The van der Waals surface area contributed by atoms with E-state index in [4.69, 9.17) is 0 Å². The first-order valence-corrected chi connectivity index (χ1v) is 7.10. The van der Waals surface area contributed by atoms with Gasteiger partial charge in [0.2, 0.25) is 5.91 Å². The number of nitrogens with zero attached hydrogens (tertiary/aromatic N) is 3. The third-order valence-corrected chi connectivity index (χ3v) is 3.31. The molecule has 0 aliphatic heterocycles. The summed E-state index contributed by atoms with van der Waals surface area (Å²) in [6.07, 6.45) is 3.74. The van der Waals surface area contributed by atoms with Crippen LogP contribution in [0, 0.1) is 0 Å². The average molecular weight is 292 g/mol. The van der Waals surface area contributed by atoms with Crippen molar-refractivity contribution in [1.82, 2.24) is 15.0 Å². The van der Waals surface area contributed by atoms with Gasteiger partial charge in [-0.15, -0.1) is 0 Å². The van der Waals surface area contributed by atoms with Crippen LogP contribution in [0.2, 0.25) is 0 Å². The standard InChI is InChI=1S/C17H16N4O/c22-17(20-19-12-14-6-2-1-3-7-14)10-11-21-13-18-15-8-4-5-9-16(15)21/h1-9,12-13H,10-11H2,(H,20,22)/b19-12+. The molecule has 0 unspecified atom stereocenters. The summed E-state index contributed by atoms with van der Waals surface area (Å²) < 4.78 is 1.97. The van der Waals surface area contributed by atoms with Crippen LogP contribution in [-0.2, 0) is 11.3 Å². The number of amides is 1. The Kier molecular flexibility index (Phi) is 4.25. The fourth-order valence-electron chi connectivity index (χ4n) is 2.18. The number of carbonyl (C=O) groups is 1. The molecule has 3 aromatic rings. The SMILES string of the molecule is O=C(CCn1cnc2ccccc21)N/N=C/c1ccccc1. The molecule has 0 saturated carbocycles. The highest BCUT2D eigenvalue weighted by Gasteiger charge is 2.04. The third kappa shape index (κ3) is 3.38. The molecule has 0 aliphatic rings. The highest BCUT2D eigenvalue weighted by atomic mass is 16.2. The second kappa shape index (κ2) is 6.67. The first kappa shape index (κ1) is 14.0. The van der Waals surface area contributed by atoms with E-state index in [1.54, 1.807) is 12.5 Å². The summed E-state index contributed by atoms with van der Waals surface area (Å²) in [7, 11) is 0. The van der Waals surface area contributed by atoms with Gasteiger partial charge in [-0.2, -0.15) is 5.10 Å². The van der Waals surface area contributed by atoms with Gasteiger partial charge in [0, 0.05) is 13.0 Å². The van der Waals surface area contributed by atoms with Gasteiger partial charge in [0.1, 0.15) is 0 Å². The van der Waals surface area contributed by atoms with E-state index >= 15 is 0 Å². The van der Waals surface area contributed by atoms with E-state index in [1.165, 1.54) is 0 Å². The van der Waals surface area contributed by atoms with E-state index in [2.05, 4.69) is 15.5 Å². The lowest BCUT2D eigenvalue weighted by molar-refractivity contribution is -0.121. The first-order chi connectivity index (χ1) is 10.8. The summed E-state index contributed by atoms with van der Waals surface area (Å²) in [5.41, 5.74) is 5.45. The number of benzene rings is 2. The molecule has 22 heavy (non-hydrogen) atoms. The third-order valence-electron chi connectivity index (χ3n) is 3.31. The molecule has 1 amide bonds. The smallest absolute Gasteiger partial charge is 0.241 e. The average Bonchev–Trinajstić information content (AvgIpc) is 2.97. The minimum atomic E-state index is -0.120. The van der Waals surface area contributed by atoms with Gasteiger partial charge < -0.3 is 4.57 Å². The van der Waals surface area contributed by atoms with Gasteiger partial charge in [0.15, 0.2) is 0 Å². The van der Waals surface area contributed by atoms with Crippen molar-refractivity contribution in [2.45, 2.75) is 13.0 Å². The van der Waals surface area contributed by atoms with Crippen molar-refractivity contribution in [2.24, 2.45) is 5.10 Å². The summed E-state index contributed by atoms with van der Waals surface area (Å²) >= 11 is 0. The Hall–Kier alpha value is -2.95. The fraction of sp³-hybridized carbons (Fsp3) is 0.118. The molecule has 1 aromatic heterocycles. The lowest BCUT2D eigenvalue weighted by Gasteiger charge is -2.03. The quantitative estimate of drug-likeness (QED) is 0.580. The van der Waals surface area contributed by atoms with Crippen molar-refractivity contribution in [3.05, 3.63) is 66.5 Å². The normalized spacial score (nSPS) is 11.1. The number of imidazole rings is 1. The molecule has 1 N–H and O–H groups in total. The van der Waals surface area contributed by atoms with Crippen LogP contribution < -0.4 is 5.43 Å². The van der Waals surface area contributed by atoms with Crippen LogP contribution in [0.1, 0.15) is 12.0 Å². The topological polar surface area (TPSA) is 59.3 Å². The maximum atomic E-state index is 11.8. The molecule has 0 aliphatic carbocycles. The number of hydrogen-bond donors (Lipinski definition) is 1. The summed E-state index contributed by atoms with van der Waals surface area (Å²) in [6, 6.07) is 17.5. The number of para-hydroxylation sites is 2. The van der Waals surface area contributed by atoms with Crippen LogP contribution in [0.25, 0.3) is 11.0 Å². The maximum absolute atomic E-state index is 11.8. The van der Waals surface area contributed by atoms with Crippen LogP contribution in [0.15, 0.2) is 66.0 Å². The molecular weight excluding hydrogens is 276 g/mol. The first-order valence-electron chi connectivity index (χ1n) is 7.10. The van der Waals surface area contributed by atoms with Crippen molar-refractivity contribution in [3.8, 4) is 0 Å². The number of aromatic nitrogens is 2. The lowest BCUT2D eigenvalue weighted by Crippen LogP contribution is -2.19. The Morgan fingerprint density at radius 2 is 1.91 bits per heavy atom. The zero-order valence-corrected chi connectivity index (χ0v) is 12.0. The Labute approximate surface area is 128 Å². The molecule has 0 saturated heterocycles. The molecule has 1 heterocycles. The van der Waals surface area contributed by atoms with Gasteiger partial charge in [-0.1, -0.05) is 42.5 Å². The molecular formula is C17H16N4O. The van der Waals surface area contributed by atoms with E-state index in [0.29, 0.717) is 13.0 Å². The van der Waals surface area contributed by atoms with E-state index in [-0.39, 0.29) is 5.91 Å². The molecule has 0 bridgehead atoms. The van der Waals surface area contributed by atoms with E-state index in [9.17, 15) is 4.79 Å². The largest absolute Gasteiger partial charge is 0.330 e. The number of rotatable bonds is 5. The zero-order chi connectivity index (χ0) is 15.2. The minimum absolute atomic E-state index is 0.120. The Morgan fingerprint density at radius 3 is 2.77 bits per heavy atom. The van der Waals surface area contributed by atoms with Gasteiger partial charge >= 0.3 is 0 Å². The molecule has 2 aromatic carbocycles.